The number of rotatable bonds is 7. The fourth-order valence-corrected chi connectivity index (χ4v) is 4.37. The number of carbonyl (C=O) groups is 1. The van der Waals surface area contributed by atoms with Crippen molar-refractivity contribution in [3.05, 3.63) is 99.5 Å². The highest BCUT2D eigenvalue weighted by Crippen LogP contribution is 2.29. The first-order valence-corrected chi connectivity index (χ1v) is 12.1. The fourth-order valence-electron chi connectivity index (χ4n) is 3.11. The summed E-state index contributed by atoms with van der Waals surface area (Å²) in [5.41, 5.74) is 2.43. The highest BCUT2D eigenvalue weighted by atomic mass is 35.5. The van der Waals surface area contributed by atoms with Crippen LogP contribution in [0.5, 0.6) is 0 Å². The minimum Gasteiger partial charge on any atom is -0.346 e. The van der Waals surface area contributed by atoms with Crippen molar-refractivity contribution in [3.8, 4) is 0 Å². The maximum atomic E-state index is 12.6. The Morgan fingerprint density at radius 3 is 2.23 bits per heavy atom. The molecule has 162 valence electrons. The molecule has 0 saturated heterocycles. The minimum atomic E-state index is -3.60. The maximum absolute atomic E-state index is 12.6. The van der Waals surface area contributed by atoms with Crippen LogP contribution in [0.2, 0.25) is 10.0 Å². The van der Waals surface area contributed by atoms with Crippen LogP contribution in [0.25, 0.3) is 0 Å². The van der Waals surface area contributed by atoms with Crippen LogP contribution in [0.1, 0.15) is 34.5 Å². The van der Waals surface area contributed by atoms with Crippen LogP contribution >= 0.6 is 23.2 Å². The van der Waals surface area contributed by atoms with Crippen molar-refractivity contribution in [2.75, 3.05) is 10.6 Å². The van der Waals surface area contributed by atoms with E-state index in [1.165, 1.54) is 4.31 Å². The quantitative estimate of drug-likeness (QED) is 0.492. The van der Waals surface area contributed by atoms with Gasteiger partial charge in [-0.1, -0.05) is 65.7 Å². The summed E-state index contributed by atoms with van der Waals surface area (Å²) in [6.07, 6.45) is 1.12. The summed E-state index contributed by atoms with van der Waals surface area (Å²) in [6, 6.07) is 20.9. The molecule has 31 heavy (non-hydrogen) atoms. The van der Waals surface area contributed by atoms with Crippen molar-refractivity contribution in [2.24, 2.45) is 0 Å². The third-order valence-electron chi connectivity index (χ3n) is 4.81. The molecule has 0 spiro atoms. The van der Waals surface area contributed by atoms with E-state index >= 15 is 0 Å². The van der Waals surface area contributed by atoms with Crippen LogP contribution in [0, 0.1) is 0 Å². The Morgan fingerprint density at radius 2 is 1.61 bits per heavy atom. The van der Waals surface area contributed by atoms with Gasteiger partial charge in [0.15, 0.2) is 0 Å². The minimum absolute atomic E-state index is 0.0226. The van der Waals surface area contributed by atoms with Crippen molar-refractivity contribution in [2.45, 2.75) is 19.5 Å². The average Bonchev–Trinajstić information content (AvgIpc) is 2.74. The number of sulfonamides is 1. The molecular formula is C23H22Cl2N2O3S. The van der Waals surface area contributed by atoms with Gasteiger partial charge >= 0.3 is 0 Å². The lowest BCUT2D eigenvalue weighted by Gasteiger charge is -2.23. The van der Waals surface area contributed by atoms with Gasteiger partial charge in [0.05, 0.1) is 34.6 Å². The second-order valence-corrected chi connectivity index (χ2v) is 9.83. The molecule has 3 rings (SSSR count). The normalized spacial score (nSPS) is 12.3. The molecule has 0 aliphatic rings. The predicted molar refractivity (Wildman–Crippen MR) is 126 cm³/mol. The van der Waals surface area contributed by atoms with Crippen molar-refractivity contribution in [1.82, 2.24) is 5.32 Å². The number of anilines is 1. The average molecular weight is 477 g/mol. The summed E-state index contributed by atoms with van der Waals surface area (Å²) < 4.78 is 26.1. The van der Waals surface area contributed by atoms with E-state index in [0.717, 1.165) is 11.8 Å². The van der Waals surface area contributed by atoms with Crippen LogP contribution < -0.4 is 9.62 Å². The fraction of sp³-hybridized carbons (Fsp3) is 0.174. The molecule has 0 bridgehead atoms. The van der Waals surface area contributed by atoms with E-state index in [1.807, 2.05) is 37.3 Å². The number of benzene rings is 3. The number of nitrogens with one attached hydrogen (secondary N) is 1. The van der Waals surface area contributed by atoms with E-state index in [4.69, 9.17) is 23.2 Å². The standard InChI is InChI=1S/C23H22Cl2N2O3S/c1-16(17-7-4-3-5-8-17)26-23(28)18-11-13-20(14-12-18)27(31(2,29)30)15-19-9-6-10-21(24)22(19)25/h3-14,16H,15H2,1-2H3,(H,26,28)/t16-/m1/s1. The molecule has 3 aromatic rings. The van der Waals surface area contributed by atoms with Crippen molar-refractivity contribution in [1.29, 1.82) is 0 Å². The van der Waals surface area contributed by atoms with Crippen molar-refractivity contribution < 1.29 is 13.2 Å². The van der Waals surface area contributed by atoms with E-state index in [-0.39, 0.29) is 18.5 Å². The molecule has 0 aliphatic heterocycles. The number of amides is 1. The van der Waals surface area contributed by atoms with Crippen molar-refractivity contribution >= 4 is 44.8 Å². The van der Waals surface area contributed by atoms with Gasteiger partial charge in [0.25, 0.3) is 5.91 Å². The molecule has 0 aromatic heterocycles. The van der Waals surface area contributed by atoms with E-state index in [9.17, 15) is 13.2 Å². The maximum Gasteiger partial charge on any atom is 0.251 e. The number of hydrogen-bond acceptors (Lipinski definition) is 3. The molecule has 0 aliphatic carbocycles. The number of nitrogens with zero attached hydrogens (tertiary/aromatic N) is 1. The predicted octanol–water partition coefficient (Wildman–Crippen LogP) is 5.45. The molecular weight excluding hydrogens is 455 g/mol. The lowest BCUT2D eigenvalue weighted by molar-refractivity contribution is 0.0940. The Bertz CT molecular complexity index is 1170. The molecule has 1 atom stereocenters. The first-order valence-electron chi connectivity index (χ1n) is 9.53. The molecule has 0 saturated carbocycles. The topological polar surface area (TPSA) is 66.5 Å². The molecule has 0 fully saturated rings. The number of halogens is 2. The van der Waals surface area contributed by atoms with Crippen LogP contribution in [0.15, 0.2) is 72.8 Å². The summed E-state index contributed by atoms with van der Waals surface area (Å²) in [4.78, 5) is 12.6. The Hall–Kier alpha value is -2.54. The van der Waals surface area contributed by atoms with Crippen molar-refractivity contribution in [3.63, 3.8) is 0 Å². The summed E-state index contributed by atoms with van der Waals surface area (Å²) in [5, 5.41) is 3.60. The Morgan fingerprint density at radius 1 is 0.968 bits per heavy atom. The highest BCUT2D eigenvalue weighted by molar-refractivity contribution is 7.92. The number of hydrogen-bond donors (Lipinski definition) is 1. The summed E-state index contributed by atoms with van der Waals surface area (Å²) in [6.45, 7) is 1.93. The zero-order valence-electron chi connectivity index (χ0n) is 17.0. The van der Waals surface area contributed by atoms with Gasteiger partial charge in [-0.2, -0.15) is 0 Å². The smallest absolute Gasteiger partial charge is 0.251 e. The third-order valence-corrected chi connectivity index (χ3v) is 6.81. The van der Waals surface area contributed by atoms with Gasteiger partial charge in [0.2, 0.25) is 10.0 Å². The highest BCUT2D eigenvalue weighted by Gasteiger charge is 2.20. The molecule has 0 heterocycles. The molecule has 1 N–H and O–H groups in total. The van der Waals surface area contributed by atoms with Crippen LogP contribution in [0.3, 0.4) is 0 Å². The zero-order valence-corrected chi connectivity index (χ0v) is 19.4. The monoisotopic (exact) mass is 476 g/mol. The number of carbonyl (C=O) groups excluding carboxylic acids is 1. The largest absolute Gasteiger partial charge is 0.346 e. The Labute approximate surface area is 192 Å². The molecule has 5 nitrogen and oxygen atoms in total. The SMILES string of the molecule is C[C@@H](NC(=O)c1ccc(N(Cc2cccc(Cl)c2Cl)S(C)(=O)=O)cc1)c1ccccc1. The van der Waals surface area contributed by atoms with Gasteiger partial charge in [-0.05, 0) is 48.4 Å². The van der Waals surface area contributed by atoms with Crippen LogP contribution in [0.4, 0.5) is 5.69 Å². The summed E-state index contributed by atoms with van der Waals surface area (Å²) in [7, 11) is -3.60. The molecule has 3 aromatic carbocycles. The van der Waals surface area contributed by atoms with Crippen LogP contribution in [-0.4, -0.2) is 20.6 Å². The molecule has 0 unspecified atom stereocenters. The third kappa shape index (κ3) is 5.79. The molecule has 0 radical (unpaired) electrons. The van der Waals surface area contributed by atoms with Gasteiger partial charge in [-0.3, -0.25) is 9.10 Å². The lowest BCUT2D eigenvalue weighted by Crippen LogP contribution is -2.30. The van der Waals surface area contributed by atoms with Gasteiger partial charge in [-0.25, -0.2) is 8.42 Å². The van der Waals surface area contributed by atoms with Gasteiger partial charge in [0, 0.05) is 5.56 Å². The van der Waals surface area contributed by atoms with E-state index in [0.29, 0.717) is 26.9 Å². The molecule has 1 amide bonds. The van der Waals surface area contributed by atoms with Crippen LogP contribution in [-0.2, 0) is 16.6 Å². The molecule has 8 heteroatoms. The van der Waals surface area contributed by atoms with Gasteiger partial charge in [-0.15, -0.1) is 0 Å². The Kier molecular flexibility index (Phi) is 7.26. The summed E-state index contributed by atoms with van der Waals surface area (Å²) >= 11 is 12.3. The lowest BCUT2D eigenvalue weighted by atomic mass is 10.1. The first-order chi connectivity index (χ1) is 14.7. The second-order valence-electron chi connectivity index (χ2n) is 7.14. The first kappa shape index (κ1) is 23.1. The zero-order chi connectivity index (χ0) is 22.6. The van der Waals surface area contributed by atoms with E-state index in [2.05, 4.69) is 5.32 Å². The Balaban J connectivity index is 1.80. The van der Waals surface area contributed by atoms with Gasteiger partial charge in [0.1, 0.15) is 0 Å². The van der Waals surface area contributed by atoms with Gasteiger partial charge < -0.3 is 5.32 Å². The second kappa shape index (κ2) is 9.73. The van der Waals surface area contributed by atoms with E-state index in [1.54, 1.807) is 42.5 Å². The van der Waals surface area contributed by atoms with E-state index < -0.39 is 10.0 Å². The summed E-state index contributed by atoms with van der Waals surface area (Å²) in [5.74, 6) is -0.244.